The summed E-state index contributed by atoms with van der Waals surface area (Å²) in [6.07, 6.45) is 0.799. The van der Waals surface area contributed by atoms with Crippen molar-refractivity contribution >= 4 is 40.9 Å². The average Bonchev–Trinajstić information content (AvgIpc) is 3.57. The minimum absolute atomic E-state index is 0.0729. The first kappa shape index (κ1) is 23.3. The van der Waals surface area contributed by atoms with E-state index in [-0.39, 0.29) is 39.9 Å². The normalized spacial score (nSPS) is 13.6. The zero-order valence-corrected chi connectivity index (χ0v) is 18.2. The lowest BCUT2D eigenvalue weighted by Crippen LogP contribution is -2.47. The molecule has 1 aromatic heterocycles. The van der Waals surface area contributed by atoms with E-state index < -0.39 is 18.0 Å². The molecule has 1 aliphatic rings. The average molecular weight is 481 g/mol. The lowest BCUT2D eigenvalue weighted by atomic mass is 10.3. The van der Waals surface area contributed by atoms with E-state index in [4.69, 9.17) is 33.2 Å². The molecule has 11 nitrogen and oxygen atoms in total. The Labute approximate surface area is 192 Å². The molecule has 2 aromatic rings. The van der Waals surface area contributed by atoms with E-state index in [0.29, 0.717) is 5.69 Å². The van der Waals surface area contributed by atoms with Crippen LogP contribution in [-0.2, 0) is 9.53 Å². The monoisotopic (exact) mass is 480 g/mol. The highest BCUT2D eigenvalue weighted by Gasteiger charge is 2.26. The van der Waals surface area contributed by atoms with E-state index in [1.54, 1.807) is 13.0 Å². The Kier molecular flexibility index (Phi) is 7.53. The third-order valence-electron chi connectivity index (χ3n) is 4.15. The number of hydrogen-bond donors (Lipinski definition) is 3. The number of aromatic nitrogens is 2. The highest BCUT2D eigenvalue weighted by atomic mass is 35.5. The van der Waals surface area contributed by atoms with Crippen LogP contribution >= 0.6 is 23.2 Å². The van der Waals surface area contributed by atoms with Crippen LogP contribution in [0.1, 0.15) is 25.8 Å². The van der Waals surface area contributed by atoms with Gasteiger partial charge in [-0.05, 0) is 31.9 Å². The number of rotatable bonds is 8. The van der Waals surface area contributed by atoms with E-state index in [1.165, 1.54) is 28.9 Å². The van der Waals surface area contributed by atoms with Gasteiger partial charge in [0.25, 0.3) is 11.5 Å². The number of hydrazine groups is 1. The zero-order valence-electron chi connectivity index (χ0n) is 16.7. The Balaban J connectivity index is 1.67. The second-order valence-electron chi connectivity index (χ2n) is 6.60. The van der Waals surface area contributed by atoms with Crippen LogP contribution in [0.25, 0.3) is 0 Å². The summed E-state index contributed by atoms with van der Waals surface area (Å²) < 4.78 is 11.6. The van der Waals surface area contributed by atoms with Crippen molar-refractivity contribution in [3.63, 3.8) is 0 Å². The minimum Gasteiger partial charge on any atom is -0.450 e. The van der Waals surface area contributed by atoms with Crippen LogP contribution in [0, 0.1) is 11.3 Å². The van der Waals surface area contributed by atoms with Gasteiger partial charge in [-0.1, -0.05) is 23.2 Å². The van der Waals surface area contributed by atoms with Crippen molar-refractivity contribution in [3.8, 4) is 17.7 Å². The summed E-state index contributed by atoms with van der Waals surface area (Å²) in [4.78, 5) is 35.1. The summed E-state index contributed by atoms with van der Waals surface area (Å²) in [5.74, 6) is -0.643. The number of amides is 2. The predicted molar refractivity (Wildman–Crippen MR) is 115 cm³/mol. The molecule has 0 radical (unpaired) electrons. The first-order valence-electron chi connectivity index (χ1n) is 9.48. The Hall–Kier alpha value is -3.33. The fraction of sp³-hybridized carbons (Fsp3) is 0.316. The van der Waals surface area contributed by atoms with Crippen molar-refractivity contribution in [2.45, 2.75) is 31.8 Å². The van der Waals surface area contributed by atoms with Crippen LogP contribution in [0.4, 0.5) is 10.5 Å². The van der Waals surface area contributed by atoms with E-state index in [1.807, 2.05) is 5.32 Å². The van der Waals surface area contributed by atoms with Gasteiger partial charge in [0, 0.05) is 12.1 Å². The molecule has 1 unspecified atom stereocenters. The Morgan fingerprint density at radius 2 is 2.00 bits per heavy atom. The smallest absolute Gasteiger partial charge is 0.413 e. The molecule has 13 heteroatoms. The van der Waals surface area contributed by atoms with Gasteiger partial charge in [-0.15, -0.1) is 5.10 Å². The second kappa shape index (κ2) is 10.3. The van der Waals surface area contributed by atoms with Gasteiger partial charge < -0.3 is 14.9 Å². The molecule has 3 rings (SSSR count). The number of ether oxygens (including phenoxy) is 2. The first-order valence-corrected chi connectivity index (χ1v) is 10.2. The second-order valence-corrected chi connectivity index (χ2v) is 7.41. The zero-order chi connectivity index (χ0) is 23.3. The maximum absolute atomic E-state index is 11.9. The molecule has 1 atom stereocenters. The summed E-state index contributed by atoms with van der Waals surface area (Å²) in [6, 6.07) is 5.99. The fourth-order valence-corrected chi connectivity index (χ4v) is 3.09. The van der Waals surface area contributed by atoms with Gasteiger partial charge in [0.1, 0.15) is 0 Å². The fourth-order valence-electron chi connectivity index (χ4n) is 2.53. The van der Waals surface area contributed by atoms with E-state index >= 15 is 0 Å². The summed E-state index contributed by atoms with van der Waals surface area (Å²) in [7, 11) is 0. The molecule has 32 heavy (non-hydrogen) atoms. The molecule has 0 saturated heterocycles. The standard InChI is InChI=1S/C19H18Cl2N6O5/c1-2-31-19(30)23-18(29)14(9-22)25-24-10-7-12(20)17(13(21)8-10)32-15-5-6-16(28)27(26-15)11-3-4-11/h5-8,11,14,24-25H,2-4H2,1H3,(H,23,29,30). The quantitative estimate of drug-likeness (QED) is 0.484. The largest absolute Gasteiger partial charge is 0.450 e. The van der Waals surface area contributed by atoms with Crippen molar-refractivity contribution in [1.29, 1.82) is 5.26 Å². The number of carbonyl (C=O) groups is 2. The van der Waals surface area contributed by atoms with E-state index in [0.717, 1.165) is 12.8 Å². The lowest BCUT2D eigenvalue weighted by Gasteiger charge is -2.15. The molecule has 168 valence electrons. The molecule has 1 aliphatic carbocycles. The number of imide groups is 1. The third kappa shape index (κ3) is 5.88. The minimum atomic E-state index is -1.42. The molecule has 1 saturated carbocycles. The summed E-state index contributed by atoms with van der Waals surface area (Å²) >= 11 is 12.5. The number of hydrogen-bond acceptors (Lipinski definition) is 9. The maximum Gasteiger partial charge on any atom is 0.413 e. The van der Waals surface area contributed by atoms with Gasteiger partial charge in [0.2, 0.25) is 5.88 Å². The van der Waals surface area contributed by atoms with Crippen molar-refractivity contribution in [1.82, 2.24) is 20.5 Å². The van der Waals surface area contributed by atoms with Crippen molar-refractivity contribution in [2.75, 3.05) is 12.0 Å². The molecule has 1 fully saturated rings. The SMILES string of the molecule is CCOC(=O)NC(=O)C(C#N)NNc1cc(Cl)c(Oc2ccc(=O)n(C3CC3)n2)c(Cl)c1. The topological polar surface area (TPSA) is 147 Å². The number of nitrogens with zero attached hydrogens (tertiary/aromatic N) is 3. The molecule has 3 N–H and O–H groups in total. The Morgan fingerprint density at radius 1 is 1.31 bits per heavy atom. The Morgan fingerprint density at radius 3 is 2.59 bits per heavy atom. The van der Waals surface area contributed by atoms with Crippen LogP contribution in [0.5, 0.6) is 11.6 Å². The number of carbonyl (C=O) groups excluding carboxylic acids is 2. The maximum atomic E-state index is 11.9. The summed E-state index contributed by atoms with van der Waals surface area (Å²) in [5, 5.41) is 15.5. The van der Waals surface area contributed by atoms with Crippen LogP contribution in [0.2, 0.25) is 10.0 Å². The van der Waals surface area contributed by atoms with Gasteiger partial charge in [0.15, 0.2) is 11.8 Å². The highest BCUT2D eigenvalue weighted by Crippen LogP contribution is 2.38. The predicted octanol–water partition coefficient (Wildman–Crippen LogP) is 2.76. The van der Waals surface area contributed by atoms with Gasteiger partial charge in [-0.3, -0.25) is 14.9 Å². The molecule has 2 amide bonds. The summed E-state index contributed by atoms with van der Waals surface area (Å²) in [5.41, 5.74) is 5.17. The Bertz CT molecular complexity index is 1100. The van der Waals surface area contributed by atoms with Crippen LogP contribution in [0.15, 0.2) is 29.1 Å². The van der Waals surface area contributed by atoms with Gasteiger partial charge in [-0.2, -0.15) is 5.26 Å². The highest BCUT2D eigenvalue weighted by molar-refractivity contribution is 6.37. The molecule has 1 heterocycles. The number of nitrogens with one attached hydrogen (secondary N) is 3. The van der Waals surface area contributed by atoms with Crippen LogP contribution < -0.4 is 26.5 Å². The third-order valence-corrected chi connectivity index (χ3v) is 4.71. The number of nitriles is 1. The number of benzene rings is 1. The molecule has 0 bridgehead atoms. The number of alkyl carbamates (subject to hydrolysis) is 1. The number of halogens is 2. The van der Waals surface area contributed by atoms with Gasteiger partial charge in [-0.25, -0.2) is 14.9 Å². The van der Waals surface area contributed by atoms with Crippen LogP contribution in [-0.4, -0.2) is 34.4 Å². The molecular formula is C19H18Cl2N6O5. The van der Waals surface area contributed by atoms with Crippen molar-refractivity contribution < 1.29 is 19.1 Å². The van der Waals surface area contributed by atoms with E-state index in [2.05, 4.69) is 20.7 Å². The van der Waals surface area contributed by atoms with Crippen LogP contribution in [0.3, 0.4) is 0 Å². The van der Waals surface area contributed by atoms with Crippen molar-refractivity contribution in [2.24, 2.45) is 0 Å². The number of anilines is 1. The van der Waals surface area contributed by atoms with Gasteiger partial charge in [0.05, 0.1) is 34.5 Å². The van der Waals surface area contributed by atoms with Gasteiger partial charge >= 0.3 is 6.09 Å². The molecule has 0 aliphatic heterocycles. The first-order chi connectivity index (χ1) is 15.3. The summed E-state index contributed by atoms with van der Waals surface area (Å²) in [6.45, 7) is 1.65. The molecule has 1 aromatic carbocycles. The molecule has 0 spiro atoms. The molecular weight excluding hydrogens is 463 g/mol. The van der Waals surface area contributed by atoms with E-state index in [9.17, 15) is 14.4 Å². The lowest BCUT2D eigenvalue weighted by molar-refractivity contribution is -0.121. The van der Waals surface area contributed by atoms with Crippen molar-refractivity contribution in [3.05, 3.63) is 44.7 Å².